The summed E-state index contributed by atoms with van der Waals surface area (Å²) in [6.07, 6.45) is 0. The van der Waals surface area contributed by atoms with Crippen molar-refractivity contribution in [2.75, 3.05) is 16.4 Å². The van der Waals surface area contributed by atoms with E-state index in [9.17, 15) is 14.0 Å². The number of amides is 2. The SMILES string of the molecule is O=C(CSc1ccc(NC(=O)c2ccccc2F)cc1)Nc1ccccc1. The number of carbonyl (C=O) groups excluding carboxylic acids is 2. The van der Waals surface area contributed by atoms with Crippen LogP contribution in [0.1, 0.15) is 10.4 Å². The first-order valence-corrected chi connectivity index (χ1v) is 9.24. The molecule has 0 spiro atoms. The molecular weight excluding hydrogens is 363 g/mol. The van der Waals surface area contributed by atoms with E-state index in [-0.39, 0.29) is 17.2 Å². The van der Waals surface area contributed by atoms with Crippen LogP contribution in [-0.2, 0) is 4.79 Å². The van der Waals surface area contributed by atoms with Gasteiger partial charge >= 0.3 is 0 Å². The van der Waals surface area contributed by atoms with Crippen molar-refractivity contribution < 1.29 is 14.0 Å². The average molecular weight is 380 g/mol. The van der Waals surface area contributed by atoms with Gasteiger partial charge in [-0.05, 0) is 48.5 Å². The summed E-state index contributed by atoms with van der Waals surface area (Å²) >= 11 is 1.39. The third kappa shape index (κ3) is 5.43. The van der Waals surface area contributed by atoms with Crippen LogP contribution in [0, 0.1) is 5.82 Å². The van der Waals surface area contributed by atoms with Crippen molar-refractivity contribution in [3.8, 4) is 0 Å². The van der Waals surface area contributed by atoms with Crippen LogP contribution < -0.4 is 10.6 Å². The topological polar surface area (TPSA) is 58.2 Å². The van der Waals surface area contributed by atoms with Crippen LogP contribution in [0.5, 0.6) is 0 Å². The first kappa shape index (κ1) is 18.7. The summed E-state index contributed by atoms with van der Waals surface area (Å²) < 4.78 is 13.6. The number of carbonyl (C=O) groups is 2. The molecule has 0 atom stereocenters. The number of halogens is 1. The van der Waals surface area contributed by atoms with E-state index in [1.54, 1.807) is 30.3 Å². The molecule has 4 nitrogen and oxygen atoms in total. The van der Waals surface area contributed by atoms with E-state index >= 15 is 0 Å². The number of benzene rings is 3. The van der Waals surface area contributed by atoms with Crippen molar-refractivity contribution in [1.82, 2.24) is 0 Å². The van der Waals surface area contributed by atoms with Gasteiger partial charge < -0.3 is 10.6 Å². The molecule has 3 aromatic carbocycles. The first-order valence-electron chi connectivity index (χ1n) is 8.25. The quantitative estimate of drug-likeness (QED) is 0.604. The van der Waals surface area contributed by atoms with Gasteiger partial charge in [0.15, 0.2) is 0 Å². The second-order valence-corrected chi connectivity index (χ2v) is 6.71. The molecule has 0 aliphatic carbocycles. The number of nitrogens with one attached hydrogen (secondary N) is 2. The van der Waals surface area contributed by atoms with Gasteiger partial charge in [-0.2, -0.15) is 0 Å². The normalized spacial score (nSPS) is 10.3. The van der Waals surface area contributed by atoms with Crippen molar-refractivity contribution in [3.63, 3.8) is 0 Å². The summed E-state index contributed by atoms with van der Waals surface area (Å²) in [6.45, 7) is 0. The molecule has 2 amide bonds. The molecule has 2 N–H and O–H groups in total. The number of thioether (sulfide) groups is 1. The Morgan fingerprint density at radius 2 is 1.41 bits per heavy atom. The van der Waals surface area contributed by atoms with Crippen LogP contribution in [0.15, 0.2) is 83.8 Å². The summed E-state index contributed by atoms with van der Waals surface area (Å²) in [7, 11) is 0. The minimum atomic E-state index is -0.563. The van der Waals surface area contributed by atoms with E-state index in [1.165, 1.54) is 30.0 Å². The summed E-state index contributed by atoms with van der Waals surface area (Å²) in [5.41, 5.74) is 1.31. The number of rotatable bonds is 6. The van der Waals surface area contributed by atoms with Crippen LogP contribution in [0.4, 0.5) is 15.8 Å². The lowest BCUT2D eigenvalue weighted by atomic mass is 10.2. The van der Waals surface area contributed by atoms with Crippen LogP contribution in [-0.4, -0.2) is 17.6 Å². The third-order valence-electron chi connectivity index (χ3n) is 3.66. The molecule has 0 saturated heterocycles. The minimum absolute atomic E-state index is 0.00599. The van der Waals surface area contributed by atoms with Gasteiger partial charge in [0.2, 0.25) is 5.91 Å². The molecule has 3 aromatic rings. The van der Waals surface area contributed by atoms with Gasteiger partial charge in [-0.1, -0.05) is 30.3 Å². The first-order chi connectivity index (χ1) is 13.1. The Hall–Kier alpha value is -3.12. The molecule has 0 heterocycles. The maximum atomic E-state index is 13.6. The molecule has 136 valence electrons. The monoisotopic (exact) mass is 380 g/mol. The molecule has 0 aliphatic rings. The maximum Gasteiger partial charge on any atom is 0.258 e. The van der Waals surface area contributed by atoms with E-state index in [0.717, 1.165) is 10.6 Å². The maximum absolute atomic E-state index is 13.6. The predicted molar refractivity (Wildman–Crippen MR) is 107 cm³/mol. The lowest BCUT2D eigenvalue weighted by molar-refractivity contribution is -0.113. The standard InChI is InChI=1S/C21H17FN2O2S/c22-19-9-5-4-8-18(19)21(26)24-16-10-12-17(13-11-16)27-14-20(25)23-15-6-2-1-3-7-15/h1-13H,14H2,(H,23,25)(H,24,26). The fourth-order valence-electron chi connectivity index (χ4n) is 2.35. The lowest BCUT2D eigenvalue weighted by Gasteiger charge is -2.08. The van der Waals surface area contributed by atoms with E-state index in [1.807, 2.05) is 30.3 Å². The zero-order chi connectivity index (χ0) is 19.1. The van der Waals surface area contributed by atoms with Crippen molar-refractivity contribution in [2.24, 2.45) is 0 Å². The van der Waals surface area contributed by atoms with E-state index in [0.29, 0.717) is 5.69 Å². The van der Waals surface area contributed by atoms with E-state index < -0.39 is 11.7 Å². The second-order valence-electron chi connectivity index (χ2n) is 5.66. The molecule has 0 bridgehead atoms. The molecule has 3 rings (SSSR count). The van der Waals surface area contributed by atoms with Gasteiger partial charge in [-0.15, -0.1) is 11.8 Å². The van der Waals surface area contributed by atoms with Crippen LogP contribution in [0.25, 0.3) is 0 Å². The summed E-state index contributed by atoms with van der Waals surface area (Å²) in [5.74, 6) is -0.888. The zero-order valence-corrected chi connectivity index (χ0v) is 15.1. The number of hydrogen-bond acceptors (Lipinski definition) is 3. The highest BCUT2D eigenvalue weighted by Gasteiger charge is 2.11. The Labute approximate surface area is 160 Å². The fraction of sp³-hybridized carbons (Fsp3) is 0.0476. The highest BCUT2D eigenvalue weighted by Crippen LogP contribution is 2.21. The predicted octanol–water partition coefficient (Wildman–Crippen LogP) is 4.81. The van der Waals surface area contributed by atoms with Crippen LogP contribution in [0.3, 0.4) is 0 Å². The molecule has 0 radical (unpaired) electrons. The Kier molecular flexibility index (Phi) is 6.22. The van der Waals surface area contributed by atoms with Crippen molar-refractivity contribution in [2.45, 2.75) is 4.90 Å². The largest absolute Gasteiger partial charge is 0.325 e. The summed E-state index contributed by atoms with van der Waals surface area (Å²) in [5, 5.41) is 5.48. The van der Waals surface area contributed by atoms with Crippen molar-refractivity contribution >= 4 is 35.0 Å². The fourth-order valence-corrected chi connectivity index (χ4v) is 3.04. The molecule has 6 heteroatoms. The Morgan fingerprint density at radius 3 is 2.11 bits per heavy atom. The zero-order valence-electron chi connectivity index (χ0n) is 14.3. The Morgan fingerprint density at radius 1 is 0.778 bits per heavy atom. The Balaban J connectivity index is 1.52. The highest BCUT2D eigenvalue weighted by molar-refractivity contribution is 8.00. The van der Waals surface area contributed by atoms with Gasteiger partial charge in [0.05, 0.1) is 11.3 Å². The lowest BCUT2D eigenvalue weighted by Crippen LogP contribution is -2.14. The summed E-state index contributed by atoms with van der Waals surface area (Å²) in [4.78, 5) is 25.0. The molecule has 27 heavy (non-hydrogen) atoms. The van der Waals surface area contributed by atoms with E-state index in [2.05, 4.69) is 10.6 Å². The number of anilines is 2. The number of para-hydroxylation sites is 1. The highest BCUT2D eigenvalue weighted by atomic mass is 32.2. The van der Waals surface area contributed by atoms with Gasteiger partial charge in [0, 0.05) is 16.3 Å². The molecule has 0 aliphatic heterocycles. The van der Waals surface area contributed by atoms with Gasteiger partial charge in [0.25, 0.3) is 5.91 Å². The average Bonchev–Trinajstić information content (AvgIpc) is 2.68. The molecule has 0 fully saturated rings. The molecule has 0 saturated carbocycles. The molecule has 0 unspecified atom stereocenters. The minimum Gasteiger partial charge on any atom is -0.325 e. The van der Waals surface area contributed by atoms with E-state index in [4.69, 9.17) is 0 Å². The Bertz CT molecular complexity index is 930. The number of hydrogen-bond donors (Lipinski definition) is 2. The van der Waals surface area contributed by atoms with Gasteiger partial charge in [-0.3, -0.25) is 9.59 Å². The van der Waals surface area contributed by atoms with Gasteiger partial charge in [-0.25, -0.2) is 4.39 Å². The summed E-state index contributed by atoms with van der Waals surface area (Å²) in [6, 6.07) is 22.1. The van der Waals surface area contributed by atoms with Crippen LogP contribution >= 0.6 is 11.8 Å². The smallest absolute Gasteiger partial charge is 0.258 e. The molecular formula is C21H17FN2O2S. The third-order valence-corrected chi connectivity index (χ3v) is 4.67. The second kappa shape index (κ2) is 9.00. The van der Waals surface area contributed by atoms with Crippen molar-refractivity contribution in [1.29, 1.82) is 0 Å². The van der Waals surface area contributed by atoms with Crippen LogP contribution in [0.2, 0.25) is 0 Å². The van der Waals surface area contributed by atoms with Crippen molar-refractivity contribution in [3.05, 3.63) is 90.2 Å². The van der Waals surface area contributed by atoms with Gasteiger partial charge in [0.1, 0.15) is 5.82 Å². The molecule has 0 aromatic heterocycles.